The van der Waals surface area contributed by atoms with Crippen LogP contribution < -0.4 is 9.47 Å². The van der Waals surface area contributed by atoms with Gasteiger partial charge in [-0.2, -0.15) is 8.78 Å². The van der Waals surface area contributed by atoms with Crippen molar-refractivity contribution < 1.29 is 27.5 Å². The Labute approximate surface area is 144 Å². The lowest BCUT2D eigenvalue weighted by Gasteiger charge is -2.21. The highest BCUT2D eigenvalue weighted by atomic mass is 19.3. The molecule has 0 bridgehead atoms. The van der Waals surface area contributed by atoms with Gasteiger partial charge in [-0.1, -0.05) is 12.1 Å². The molecule has 1 atom stereocenters. The first-order chi connectivity index (χ1) is 11.9. The molecule has 1 aromatic carbocycles. The van der Waals surface area contributed by atoms with Gasteiger partial charge in [-0.25, -0.2) is 0 Å². The molecule has 0 spiro atoms. The molecule has 0 N–H and O–H groups in total. The summed E-state index contributed by atoms with van der Waals surface area (Å²) in [7, 11) is 2.98. The van der Waals surface area contributed by atoms with Crippen LogP contribution in [-0.4, -0.2) is 31.6 Å². The lowest BCUT2D eigenvalue weighted by atomic mass is 10.1. The Balaban J connectivity index is 2.19. The second-order valence-electron chi connectivity index (χ2n) is 5.23. The molecule has 2 rings (SSSR count). The summed E-state index contributed by atoms with van der Waals surface area (Å²) in [6.07, 6.45) is 4.23. The number of carbonyl (C=O) groups excluding carboxylic acids is 1. The van der Waals surface area contributed by atoms with Crippen molar-refractivity contribution in [3.8, 4) is 11.5 Å². The molecule has 0 fully saturated rings. The number of alkyl halides is 2. The Morgan fingerprint density at radius 3 is 2.64 bits per heavy atom. The fourth-order valence-electron chi connectivity index (χ4n) is 2.23. The van der Waals surface area contributed by atoms with E-state index in [0.717, 1.165) is 0 Å². The Kier molecular flexibility index (Phi) is 6.16. The smallest absolute Gasteiger partial charge is 0.387 e. The van der Waals surface area contributed by atoms with Gasteiger partial charge in [0.25, 0.3) is 0 Å². The Morgan fingerprint density at radius 1 is 1.28 bits per heavy atom. The summed E-state index contributed by atoms with van der Waals surface area (Å²) in [5, 5.41) is 0. The second-order valence-corrected chi connectivity index (χ2v) is 5.23. The van der Waals surface area contributed by atoms with E-state index in [4.69, 9.17) is 9.15 Å². The number of benzene rings is 1. The molecule has 1 unspecified atom stereocenters. The van der Waals surface area contributed by atoms with Crippen LogP contribution in [0.1, 0.15) is 24.3 Å². The van der Waals surface area contributed by atoms with E-state index in [1.807, 2.05) is 6.92 Å². The number of hydrogen-bond acceptors (Lipinski definition) is 4. The Morgan fingerprint density at radius 2 is 2.04 bits per heavy atom. The lowest BCUT2D eigenvalue weighted by Crippen LogP contribution is -2.27. The zero-order valence-corrected chi connectivity index (χ0v) is 14.1. The topological polar surface area (TPSA) is 51.9 Å². The third-order valence-corrected chi connectivity index (χ3v) is 3.73. The third kappa shape index (κ3) is 4.59. The van der Waals surface area contributed by atoms with Gasteiger partial charge in [0, 0.05) is 18.7 Å². The molecule has 1 aromatic heterocycles. The number of rotatable bonds is 7. The first kappa shape index (κ1) is 18.5. The number of ether oxygens (including phenoxy) is 2. The molecular weight excluding hydrogens is 332 g/mol. The summed E-state index contributed by atoms with van der Waals surface area (Å²) in [6.45, 7) is -1.18. The van der Waals surface area contributed by atoms with Crippen molar-refractivity contribution in [2.45, 2.75) is 19.6 Å². The second kappa shape index (κ2) is 8.32. The van der Waals surface area contributed by atoms with Crippen LogP contribution in [0.2, 0.25) is 0 Å². The summed E-state index contributed by atoms with van der Waals surface area (Å²) >= 11 is 0. The number of likely N-dealkylation sites (N-methyl/N-ethyl adjacent to an activating group) is 1. The molecule has 0 radical (unpaired) electrons. The van der Waals surface area contributed by atoms with Crippen molar-refractivity contribution in [2.24, 2.45) is 0 Å². The number of halogens is 2. The predicted octanol–water partition coefficient (Wildman–Crippen LogP) is 4.12. The molecule has 7 heteroatoms. The van der Waals surface area contributed by atoms with E-state index in [9.17, 15) is 13.6 Å². The van der Waals surface area contributed by atoms with Crippen LogP contribution in [0.25, 0.3) is 6.08 Å². The summed E-state index contributed by atoms with van der Waals surface area (Å²) in [6, 6.07) is 7.92. The molecule has 1 heterocycles. The van der Waals surface area contributed by atoms with Gasteiger partial charge < -0.3 is 18.8 Å². The number of furan rings is 1. The average molecular weight is 351 g/mol. The van der Waals surface area contributed by atoms with Gasteiger partial charge in [0.15, 0.2) is 11.5 Å². The van der Waals surface area contributed by atoms with E-state index < -0.39 is 6.61 Å². The molecular formula is C18H19F2NO4. The highest BCUT2D eigenvalue weighted by Crippen LogP contribution is 2.33. The van der Waals surface area contributed by atoms with Crippen LogP contribution in [0.5, 0.6) is 11.5 Å². The van der Waals surface area contributed by atoms with Crippen molar-refractivity contribution in [2.75, 3.05) is 14.2 Å². The molecule has 134 valence electrons. The van der Waals surface area contributed by atoms with Gasteiger partial charge in [0.05, 0.1) is 19.4 Å². The summed E-state index contributed by atoms with van der Waals surface area (Å²) in [5.41, 5.74) is 0.312. The molecule has 0 aliphatic carbocycles. The minimum Gasteiger partial charge on any atom is -0.493 e. The Bertz CT molecular complexity index is 729. The average Bonchev–Trinajstić information content (AvgIpc) is 3.13. The molecule has 0 aliphatic heterocycles. The van der Waals surface area contributed by atoms with Crippen LogP contribution >= 0.6 is 0 Å². The normalized spacial score (nSPS) is 12.4. The first-order valence-electron chi connectivity index (χ1n) is 7.54. The monoisotopic (exact) mass is 351 g/mol. The van der Waals surface area contributed by atoms with Crippen molar-refractivity contribution in [3.63, 3.8) is 0 Å². The quantitative estimate of drug-likeness (QED) is 0.704. The molecule has 1 amide bonds. The van der Waals surface area contributed by atoms with Gasteiger partial charge in [-0.05, 0) is 31.2 Å². The fraction of sp³-hybridized carbons (Fsp3) is 0.278. The molecule has 0 saturated carbocycles. The van der Waals surface area contributed by atoms with Gasteiger partial charge in [0.1, 0.15) is 5.76 Å². The number of carbonyl (C=O) groups is 1. The van der Waals surface area contributed by atoms with Gasteiger partial charge in [-0.3, -0.25) is 4.79 Å². The van der Waals surface area contributed by atoms with Crippen molar-refractivity contribution in [1.29, 1.82) is 0 Å². The predicted molar refractivity (Wildman–Crippen MR) is 88.6 cm³/mol. The third-order valence-electron chi connectivity index (χ3n) is 3.73. The number of para-hydroxylation sites is 1. The maximum atomic E-state index is 12.6. The number of amides is 1. The van der Waals surface area contributed by atoms with E-state index in [0.29, 0.717) is 11.3 Å². The minimum atomic E-state index is -3.00. The Hall–Kier alpha value is -2.83. The SMILES string of the molecule is COc1cccc(/C=C/C(=O)N(C)C(C)c2ccco2)c1OC(F)F. The van der Waals surface area contributed by atoms with Crippen molar-refractivity contribution >= 4 is 12.0 Å². The van der Waals surface area contributed by atoms with E-state index in [1.165, 1.54) is 36.5 Å². The number of hydrogen-bond donors (Lipinski definition) is 0. The summed E-state index contributed by atoms with van der Waals surface area (Å²) in [4.78, 5) is 13.8. The minimum absolute atomic E-state index is 0.120. The van der Waals surface area contributed by atoms with Gasteiger partial charge in [-0.15, -0.1) is 0 Å². The van der Waals surface area contributed by atoms with Gasteiger partial charge >= 0.3 is 6.61 Å². The number of methoxy groups -OCH3 is 1. The molecule has 0 saturated heterocycles. The zero-order chi connectivity index (χ0) is 18.4. The van der Waals surface area contributed by atoms with Crippen LogP contribution in [0.4, 0.5) is 8.78 Å². The molecule has 0 aliphatic rings. The summed E-state index contributed by atoms with van der Waals surface area (Å²) < 4.78 is 40.1. The molecule has 5 nitrogen and oxygen atoms in total. The number of nitrogens with zero attached hydrogens (tertiary/aromatic N) is 1. The molecule has 2 aromatic rings. The van der Waals surface area contributed by atoms with Crippen molar-refractivity contribution in [3.05, 3.63) is 54.0 Å². The lowest BCUT2D eigenvalue weighted by molar-refractivity contribution is -0.126. The maximum absolute atomic E-state index is 12.6. The van der Waals surface area contributed by atoms with Gasteiger partial charge in [0.2, 0.25) is 5.91 Å². The van der Waals surface area contributed by atoms with Crippen molar-refractivity contribution in [1.82, 2.24) is 4.90 Å². The van der Waals surface area contributed by atoms with E-state index in [-0.39, 0.29) is 23.4 Å². The van der Waals surface area contributed by atoms with Crippen LogP contribution in [0.3, 0.4) is 0 Å². The van der Waals surface area contributed by atoms with E-state index >= 15 is 0 Å². The van der Waals surface area contributed by atoms with E-state index in [1.54, 1.807) is 31.3 Å². The highest BCUT2D eigenvalue weighted by Gasteiger charge is 2.18. The fourth-order valence-corrected chi connectivity index (χ4v) is 2.23. The highest BCUT2D eigenvalue weighted by molar-refractivity contribution is 5.92. The molecule has 25 heavy (non-hydrogen) atoms. The van der Waals surface area contributed by atoms with E-state index in [2.05, 4.69) is 4.74 Å². The maximum Gasteiger partial charge on any atom is 0.387 e. The zero-order valence-electron chi connectivity index (χ0n) is 14.1. The summed E-state index contributed by atoms with van der Waals surface area (Å²) in [5.74, 6) is 0.375. The standard InChI is InChI=1S/C18H19F2NO4/c1-12(14-8-5-11-24-14)21(2)16(22)10-9-13-6-4-7-15(23-3)17(13)25-18(19)20/h4-12,18H,1-3H3/b10-9+. The van der Waals surface area contributed by atoms with Crippen LogP contribution in [0, 0.1) is 0 Å². The largest absolute Gasteiger partial charge is 0.493 e. The van der Waals surface area contributed by atoms with Crippen LogP contribution in [-0.2, 0) is 4.79 Å². The first-order valence-corrected chi connectivity index (χ1v) is 7.54. The van der Waals surface area contributed by atoms with Crippen LogP contribution in [0.15, 0.2) is 47.1 Å².